The number of hydrogen-bond donors (Lipinski definition) is 1. The van der Waals surface area contributed by atoms with Crippen molar-refractivity contribution in [3.63, 3.8) is 0 Å². The molecule has 0 bridgehead atoms. The third-order valence-corrected chi connectivity index (χ3v) is 5.79. The van der Waals surface area contributed by atoms with Crippen LogP contribution in [0.25, 0.3) is 11.3 Å². The molecule has 6 nitrogen and oxygen atoms in total. The third-order valence-electron chi connectivity index (χ3n) is 4.08. The number of anilines is 1. The van der Waals surface area contributed by atoms with Crippen molar-refractivity contribution in [1.29, 1.82) is 0 Å². The minimum absolute atomic E-state index is 0.0109. The van der Waals surface area contributed by atoms with Gasteiger partial charge in [0.25, 0.3) is 0 Å². The molecule has 2 heterocycles. The predicted octanol–water partition coefficient (Wildman–Crippen LogP) is 5.73. The lowest BCUT2D eigenvalue weighted by molar-refractivity contribution is -0.142. The minimum atomic E-state index is -4.60. The summed E-state index contributed by atoms with van der Waals surface area (Å²) in [7, 11) is 0. The molecule has 0 fully saturated rings. The van der Waals surface area contributed by atoms with E-state index in [1.165, 1.54) is 19.1 Å². The molecule has 0 saturated heterocycles. The SMILES string of the molecule is Cc1c(Br)c(C(F)(F)F)nn1CCC(=O)Nc1nc(-c2ccc(OC(F)F)cc2)cs1. The van der Waals surface area contributed by atoms with E-state index >= 15 is 0 Å². The molecule has 0 aliphatic rings. The molecule has 1 amide bonds. The summed E-state index contributed by atoms with van der Waals surface area (Å²) >= 11 is 4.03. The van der Waals surface area contributed by atoms with Gasteiger partial charge in [-0.15, -0.1) is 11.3 Å². The Morgan fingerprint density at radius 1 is 1.29 bits per heavy atom. The molecular formula is C18H14BrF5N4O2S. The van der Waals surface area contributed by atoms with Crippen LogP contribution < -0.4 is 10.1 Å². The zero-order valence-corrected chi connectivity index (χ0v) is 18.1. The van der Waals surface area contributed by atoms with Gasteiger partial charge in [0.2, 0.25) is 5.91 Å². The van der Waals surface area contributed by atoms with Gasteiger partial charge in [-0.3, -0.25) is 9.48 Å². The number of nitrogens with one attached hydrogen (secondary N) is 1. The first-order valence-corrected chi connectivity index (χ1v) is 10.3. The molecule has 0 saturated carbocycles. The van der Waals surface area contributed by atoms with Gasteiger partial charge in [-0.2, -0.15) is 27.1 Å². The van der Waals surface area contributed by atoms with Crippen LogP contribution in [0.1, 0.15) is 17.8 Å². The van der Waals surface area contributed by atoms with E-state index < -0.39 is 24.4 Å². The van der Waals surface area contributed by atoms with E-state index in [9.17, 15) is 26.7 Å². The molecule has 0 spiro atoms. The first-order valence-electron chi connectivity index (χ1n) is 8.65. The maximum Gasteiger partial charge on any atom is 0.436 e. The number of benzene rings is 1. The van der Waals surface area contributed by atoms with Crippen LogP contribution >= 0.6 is 27.3 Å². The number of amides is 1. The van der Waals surface area contributed by atoms with E-state index in [1.807, 2.05) is 0 Å². The Morgan fingerprint density at radius 3 is 2.55 bits per heavy atom. The molecule has 3 rings (SSSR count). The van der Waals surface area contributed by atoms with E-state index in [-0.39, 0.29) is 28.9 Å². The number of carbonyl (C=O) groups is 1. The zero-order valence-electron chi connectivity index (χ0n) is 15.7. The first kappa shape index (κ1) is 23.1. The van der Waals surface area contributed by atoms with Crippen LogP contribution in [-0.2, 0) is 17.5 Å². The maximum atomic E-state index is 12.9. The molecule has 2 aromatic heterocycles. The van der Waals surface area contributed by atoms with Crippen LogP contribution in [0.15, 0.2) is 34.1 Å². The van der Waals surface area contributed by atoms with Gasteiger partial charge in [0.05, 0.1) is 22.4 Å². The first-order chi connectivity index (χ1) is 14.5. The normalized spacial score (nSPS) is 11.7. The fourth-order valence-electron chi connectivity index (χ4n) is 2.58. The van der Waals surface area contributed by atoms with Gasteiger partial charge in [0.1, 0.15) is 5.75 Å². The van der Waals surface area contributed by atoms with E-state index in [2.05, 4.69) is 36.1 Å². The van der Waals surface area contributed by atoms with Crippen LogP contribution in [-0.4, -0.2) is 27.3 Å². The maximum absolute atomic E-state index is 12.9. The van der Waals surface area contributed by atoms with E-state index in [0.29, 0.717) is 16.4 Å². The number of carbonyl (C=O) groups excluding carboxylic acids is 1. The Kier molecular flexibility index (Phi) is 6.94. The summed E-state index contributed by atoms with van der Waals surface area (Å²) in [6.07, 6.45) is -4.71. The highest BCUT2D eigenvalue weighted by Gasteiger charge is 2.37. The van der Waals surface area contributed by atoms with Gasteiger partial charge in [0, 0.05) is 17.4 Å². The van der Waals surface area contributed by atoms with Crippen LogP contribution in [0.5, 0.6) is 5.75 Å². The van der Waals surface area contributed by atoms with Crippen LogP contribution in [0, 0.1) is 6.92 Å². The van der Waals surface area contributed by atoms with Gasteiger partial charge >= 0.3 is 12.8 Å². The molecule has 0 atom stereocenters. The number of hydrogen-bond acceptors (Lipinski definition) is 5. The predicted molar refractivity (Wildman–Crippen MR) is 107 cm³/mol. The Labute approximate surface area is 185 Å². The number of ether oxygens (including phenoxy) is 1. The second-order valence-corrected chi connectivity index (χ2v) is 7.86. The molecule has 31 heavy (non-hydrogen) atoms. The molecular weight excluding hydrogens is 511 g/mol. The summed E-state index contributed by atoms with van der Waals surface area (Å²) in [5.74, 6) is -0.432. The van der Waals surface area contributed by atoms with Crippen molar-refractivity contribution in [2.45, 2.75) is 32.7 Å². The standard InChI is InChI=1S/C18H14BrF5N4O2S/c1-9-14(19)15(18(22,23)24)27-28(9)7-6-13(29)26-17-25-12(8-31-17)10-2-4-11(5-3-10)30-16(20)21/h2-5,8,16H,6-7H2,1H3,(H,25,26,29). The lowest BCUT2D eigenvalue weighted by Gasteiger charge is -2.05. The van der Waals surface area contributed by atoms with E-state index in [0.717, 1.165) is 16.0 Å². The lowest BCUT2D eigenvalue weighted by atomic mass is 10.2. The summed E-state index contributed by atoms with van der Waals surface area (Å²) in [5.41, 5.74) is 0.372. The monoisotopic (exact) mass is 524 g/mol. The Morgan fingerprint density at radius 2 is 1.97 bits per heavy atom. The molecule has 0 aliphatic carbocycles. The molecule has 166 valence electrons. The minimum Gasteiger partial charge on any atom is -0.435 e. The number of alkyl halides is 5. The van der Waals surface area contributed by atoms with E-state index in [4.69, 9.17) is 0 Å². The highest BCUT2D eigenvalue weighted by molar-refractivity contribution is 9.10. The number of thiazole rings is 1. The second-order valence-electron chi connectivity index (χ2n) is 6.21. The largest absolute Gasteiger partial charge is 0.436 e. The number of rotatable bonds is 7. The summed E-state index contributed by atoms with van der Waals surface area (Å²) in [4.78, 5) is 16.4. The highest BCUT2D eigenvalue weighted by Crippen LogP contribution is 2.35. The second kappa shape index (κ2) is 9.30. The molecule has 0 unspecified atom stereocenters. The van der Waals surface area contributed by atoms with E-state index in [1.54, 1.807) is 17.5 Å². The lowest BCUT2D eigenvalue weighted by Crippen LogP contribution is -2.16. The average molecular weight is 525 g/mol. The molecule has 0 aliphatic heterocycles. The summed E-state index contributed by atoms with van der Waals surface area (Å²) < 4.78 is 68.4. The number of halogens is 6. The quantitative estimate of drug-likeness (QED) is 0.401. The number of aromatic nitrogens is 3. The van der Waals surface area contributed by atoms with Crippen molar-refractivity contribution in [3.8, 4) is 17.0 Å². The Balaban J connectivity index is 1.59. The van der Waals surface area contributed by atoms with Crippen molar-refractivity contribution in [2.24, 2.45) is 0 Å². The van der Waals surface area contributed by atoms with Crippen LogP contribution in [0.4, 0.5) is 27.1 Å². The average Bonchev–Trinajstić information content (AvgIpc) is 3.25. The zero-order chi connectivity index (χ0) is 22.8. The molecule has 13 heteroatoms. The summed E-state index contributed by atoms with van der Waals surface area (Å²) in [6, 6.07) is 5.85. The summed E-state index contributed by atoms with van der Waals surface area (Å²) in [6.45, 7) is -1.50. The van der Waals surface area contributed by atoms with Crippen molar-refractivity contribution in [1.82, 2.24) is 14.8 Å². The Hall–Kier alpha value is -2.54. The van der Waals surface area contributed by atoms with Gasteiger partial charge < -0.3 is 10.1 Å². The van der Waals surface area contributed by atoms with Crippen molar-refractivity contribution in [2.75, 3.05) is 5.32 Å². The Bertz CT molecular complexity index is 1070. The highest BCUT2D eigenvalue weighted by atomic mass is 79.9. The van der Waals surface area contributed by atoms with Crippen molar-refractivity contribution >= 4 is 38.3 Å². The smallest absolute Gasteiger partial charge is 0.435 e. The van der Waals surface area contributed by atoms with Crippen molar-refractivity contribution < 1.29 is 31.5 Å². The summed E-state index contributed by atoms with van der Waals surface area (Å²) in [5, 5.41) is 8.07. The topological polar surface area (TPSA) is 69.0 Å². The van der Waals surface area contributed by atoms with Gasteiger partial charge in [-0.25, -0.2) is 4.98 Å². The van der Waals surface area contributed by atoms with Crippen LogP contribution in [0.2, 0.25) is 0 Å². The fourth-order valence-corrected chi connectivity index (χ4v) is 3.83. The third kappa shape index (κ3) is 5.79. The van der Waals surface area contributed by atoms with Gasteiger partial charge in [-0.05, 0) is 47.1 Å². The fraction of sp³-hybridized carbons (Fsp3) is 0.278. The van der Waals surface area contributed by atoms with Gasteiger partial charge in [-0.1, -0.05) is 0 Å². The number of aryl methyl sites for hydroxylation is 1. The molecule has 3 aromatic rings. The van der Waals surface area contributed by atoms with Crippen molar-refractivity contribution in [3.05, 3.63) is 45.5 Å². The number of nitrogens with zero attached hydrogens (tertiary/aromatic N) is 3. The molecule has 1 N–H and O–H groups in total. The molecule has 0 radical (unpaired) electrons. The van der Waals surface area contributed by atoms with Crippen LogP contribution in [0.3, 0.4) is 0 Å². The van der Waals surface area contributed by atoms with Gasteiger partial charge in [0.15, 0.2) is 10.8 Å². The molecule has 1 aromatic carbocycles.